The zero-order valence-electron chi connectivity index (χ0n) is 9.49. The summed E-state index contributed by atoms with van der Waals surface area (Å²) in [6.07, 6.45) is -4.13. The van der Waals surface area contributed by atoms with Crippen molar-refractivity contribution in [1.82, 2.24) is 0 Å². The summed E-state index contributed by atoms with van der Waals surface area (Å²) in [5.41, 5.74) is -0.407. The Hall–Kier alpha value is -2.19. The van der Waals surface area contributed by atoms with Crippen LogP contribution in [0.3, 0.4) is 0 Å². The highest BCUT2D eigenvalue weighted by Gasteiger charge is 2.48. The molecule has 104 valence electrons. The molecule has 0 aliphatic rings. The normalized spacial score (nSPS) is 11.5. The first kappa shape index (κ1) is 14.9. The van der Waals surface area contributed by atoms with Crippen LogP contribution >= 0.6 is 0 Å². The van der Waals surface area contributed by atoms with Crippen molar-refractivity contribution in [3.8, 4) is 0 Å². The Morgan fingerprint density at radius 1 is 1.42 bits per heavy atom. The first-order chi connectivity index (χ1) is 8.66. The number of hydrogen-bond donors (Lipinski definition) is 1. The molecule has 0 spiro atoms. The first-order valence-corrected chi connectivity index (χ1v) is 4.88. The maximum atomic E-state index is 12.7. The lowest BCUT2D eigenvalue weighted by atomic mass is 10.2. The van der Waals surface area contributed by atoms with Crippen molar-refractivity contribution in [3.05, 3.63) is 33.9 Å². The van der Waals surface area contributed by atoms with Gasteiger partial charge in [-0.1, -0.05) is 0 Å². The number of hydrogen-bond acceptors (Lipinski definition) is 3. The van der Waals surface area contributed by atoms with Crippen LogP contribution in [0.5, 0.6) is 0 Å². The standard InChI is InChI=1S/C10H8F4N2O3/c1-5-4-6(2-3-7(5)16(18)19)15-9(17)10(13,14)8(11)12/h2-4,8H,1H3,(H,15,17). The predicted octanol–water partition coefficient (Wildman–Crippen LogP) is 2.74. The van der Waals surface area contributed by atoms with E-state index in [1.807, 2.05) is 0 Å². The molecule has 1 aromatic carbocycles. The minimum absolute atomic E-state index is 0.100. The molecule has 0 fully saturated rings. The Kier molecular flexibility index (Phi) is 4.07. The highest BCUT2D eigenvalue weighted by molar-refractivity contribution is 5.96. The molecular formula is C10H8F4N2O3. The van der Waals surface area contributed by atoms with Crippen molar-refractivity contribution in [3.63, 3.8) is 0 Å². The number of nitro groups is 1. The Bertz CT molecular complexity index is 519. The van der Waals surface area contributed by atoms with Gasteiger partial charge in [0.05, 0.1) is 4.92 Å². The van der Waals surface area contributed by atoms with Gasteiger partial charge in [-0.3, -0.25) is 14.9 Å². The summed E-state index contributed by atoms with van der Waals surface area (Å²) in [5, 5.41) is 12.1. The lowest BCUT2D eigenvalue weighted by molar-refractivity contribution is -0.385. The van der Waals surface area contributed by atoms with E-state index in [0.29, 0.717) is 0 Å². The number of rotatable bonds is 4. The molecule has 0 unspecified atom stereocenters. The number of nitrogens with one attached hydrogen (secondary N) is 1. The third-order valence-corrected chi connectivity index (χ3v) is 2.23. The second-order valence-corrected chi connectivity index (χ2v) is 3.64. The van der Waals surface area contributed by atoms with Gasteiger partial charge in [0, 0.05) is 17.3 Å². The number of benzene rings is 1. The average molecular weight is 280 g/mol. The van der Waals surface area contributed by atoms with Gasteiger partial charge in [-0.25, -0.2) is 8.78 Å². The molecule has 5 nitrogen and oxygen atoms in total. The molecule has 1 amide bonds. The summed E-state index contributed by atoms with van der Waals surface area (Å²) in [6, 6.07) is 2.99. The smallest absolute Gasteiger partial charge is 0.321 e. The summed E-state index contributed by atoms with van der Waals surface area (Å²) < 4.78 is 49.2. The highest BCUT2D eigenvalue weighted by atomic mass is 19.3. The van der Waals surface area contributed by atoms with Crippen LogP contribution < -0.4 is 5.32 Å². The van der Waals surface area contributed by atoms with Gasteiger partial charge in [0.2, 0.25) is 0 Å². The van der Waals surface area contributed by atoms with Crippen LogP contribution in [-0.4, -0.2) is 23.2 Å². The van der Waals surface area contributed by atoms with Gasteiger partial charge in [0.25, 0.3) is 5.69 Å². The maximum absolute atomic E-state index is 12.7. The minimum Gasteiger partial charge on any atom is -0.321 e. The van der Waals surface area contributed by atoms with Gasteiger partial charge in [-0.2, -0.15) is 8.78 Å². The molecule has 0 saturated carbocycles. The van der Waals surface area contributed by atoms with Crippen molar-refractivity contribution in [2.45, 2.75) is 19.3 Å². The molecule has 0 atom stereocenters. The number of alkyl halides is 4. The van der Waals surface area contributed by atoms with Crippen LogP contribution in [0, 0.1) is 17.0 Å². The maximum Gasteiger partial charge on any atom is 0.383 e. The predicted molar refractivity (Wildman–Crippen MR) is 57.4 cm³/mol. The highest BCUT2D eigenvalue weighted by Crippen LogP contribution is 2.26. The monoisotopic (exact) mass is 280 g/mol. The van der Waals surface area contributed by atoms with E-state index in [1.54, 1.807) is 5.32 Å². The van der Waals surface area contributed by atoms with E-state index < -0.39 is 23.2 Å². The third-order valence-electron chi connectivity index (χ3n) is 2.23. The molecule has 1 aromatic rings. The number of nitrogens with zero attached hydrogens (tertiary/aromatic N) is 1. The Morgan fingerprint density at radius 2 is 2.00 bits per heavy atom. The van der Waals surface area contributed by atoms with Crippen LogP contribution in [-0.2, 0) is 4.79 Å². The largest absolute Gasteiger partial charge is 0.383 e. The Balaban J connectivity index is 2.93. The molecule has 0 bridgehead atoms. The van der Waals surface area contributed by atoms with Gasteiger partial charge in [-0.05, 0) is 19.1 Å². The molecule has 0 saturated heterocycles. The van der Waals surface area contributed by atoms with Crippen LogP contribution in [0.25, 0.3) is 0 Å². The molecule has 0 heterocycles. The molecule has 1 N–H and O–H groups in total. The summed E-state index contributed by atoms with van der Waals surface area (Å²) >= 11 is 0. The minimum atomic E-state index is -4.82. The second-order valence-electron chi connectivity index (χ2n) is 3.64. The summed E-state index contributed by atoms with van der Waals surface area (Å²) in [4.78, 5) is 20.7. The van der Waals surface area contributed by atoms with Crippen molar-refractivity contribution in [2.24, 2.45) is 0 Å². The number of anilines is 1. The first-order valence-electron chi connectivity index (χ1n) is 4.88. The fourth-order valence-electron chi connectivity index (χ4n) is 1.25. The Morgan fingerprint density at radius 3 is 2.42 bits per heavy atom. The molecule has 1 rings (SSSR count). The van der Waals surface area contributed by atoms with E-state index in [0.717, 1.165) is 18.2 Å². The summed E-state index contributed by atoms with van der Waals surface area (Å²) in [5.74, 6) is -6.99. The van der Waals surface area contributed by atoms with Crippen molar-refractivity contribution < 1.29 is 27.3 Å². The second kappa shape index (κ2) is 5.21. The number of aryl methyl sites for hydroxylation is 1. The summed E-state index contributed by atoms with van der Waals surface area (Å²) in [6.45, 7) is 1.32. The molecule has 0 radical (unpaired) electrons. The van der Waals surface area contributed by atoms with Crippen molar-refractivity contribution in [2.75, 3.05) is 5.32 Å². The molecule has 19 heavy (non-hydrogen) atoms. The lowest BCUT2D eigenvalue weighted by Gasteiger charge is -2.14. The summed E-state index contributed by atoms with van der Waals surface area (Å²) in [7, 11) is 0. The number of halogens is 4. The topological polar surface area (TPSA) is 72.2 Å². The number of nitro benzene ring substituents is 1. The van der Waals surface area contributed by atoms with Crippen molar-refractivity contribution in [1.29, 1.82) is 0 Å². The van der Waals surface area contributed by atoms with E-state index in [2.05, 4.69) is 0 Å². The van der Waals surface area contributed by atoms with E-state index in [1.165, 1.54) is 6.92 Å². The van der Waals surface area contributed by atoms with Crippen LogP contribution in [0.1, 0.15) is 5.56 Å². The van der Waals surface area contributed by atoms with E-state index >= 15 is 0 Å². The number of amides is 1. The fraction of sp³-hybridized carbons (Fsp3) is 0.300. The zero-order valence-corrected chi connectivity index (χ0v) is 9.49. The SMILES string of the molecule is Cc1cc(NC(=O)C(F)(F)C(F)F)ccc1[N+](=O)[O-]. The van der Waals surface area contributed by atoms with Crippen LogP contribution in [0.15, 0.2) is 18.2 Å². The van der Waals surface area contributed by atoms with Gasteiger partial charge >= 0.3 is 18.3 Å². The number of carbonyl (C=O) groups is 1. The van der Waals surface area contributed by atoms with Crippen LogP contribution in [0.4, 0.5) is 28.9 Å². The zero-order chi connectivity index (χ0) is 14.8. The Labute approximate surface area is 104 Å². The van der Waals surface area contributed by atoms with Crippen LogP contribution in [0.2, 0.25) is 0 Å². The average Bonchev–Trinajstić information content (AvgIpc) is 2.28. The third kappa shape index (κ3) is 3.18. The van der Waals surface area contributed by atoms with Gasteiger partial charge in [-0.15, -0.1) is 0 Å². The van der Waals surface area contributed by atoms with Gasteiger partial charge in [0.1, 0.15) is 0 Å². The number of carbonyl (C=O) groups excluding carboxylic acids is 1. The lowest BCUT2D eigenvalue weighted by Crippen LogP contribution is -2.40. The van der Waals surface area contributed by atoms with Gasteiger partial charge < -0.3 is 5.32 Å². The quantitative estimate of drug-likeness (QED) is 0.523. The van der Waals surface area contributed by atoms with Gasteiger partial charge in [0.15, 0.2) is 0 Å². The fourth-order valence-corrected chi connectivity index (χ4v) is 1.25. The molecule has 9 heteroatoms. The van der Waals surface area contributed by atoms with E-state index in [-0.39, 0.29) is 16.9 Å². The molecule has 0 aliphatic heterocycles. The van der Waals surface area contributed by atoms with E-state index in [4.69, 9.17) is 0 Å². The van der Waals surface area contributed by atoms with E-state index in [9.17, 15) is 32.5 Å². The molecular weight excluding hydrogens is 272 g/mol. The van der Waals surface area contributed by atoms with Crippen molar-refractivity contribution >= 4 is 17.3 Å². The molecule has 0 aromatic heterocycles. The molecule has 0 aliphatic carbocycles.